The molecule has 2 rings (SSSR count). The molecule has 12 heavy (non-hydrogen) atoms. The number of aryl methyl sites for hydroxylation is 1. The minimum absolute atomic E-state index is 0.790. The van der Waals surface area contributed by atoms with Gasteiger partial charge in [0.15, 0.2) is 0 Å². The van der Waals surface area contributed by atoms with Gasteiger partial charge in [-0.05, 0) is 34.4 Å². The van der Waals surface area contributed by atoms with Crippen molar-refractivity contribution in [2.45, 2.75) is 6.92 Å². The zero-order valence-corrected chi connectivity index (χ0v) is 6.74. The van der Waals surface area contributed by atoms with Crippen LogP contribution in [0.5, 0.6) is 0 Å². The van der Waals surface area contributed by atoms with E-state index in [9.17, 15) is 0 Å². The van der Waals surface area contributed by atoms with Gasteiger partial charge in [0, 0.05) is 0 Å². The molecular formula is C9H8N2O. The van der Waals surface area contributed by atoms with E-state index >= 15 is 0 Å². The molecule has 0 saturated heterocycles. The zero-order valence-electron chi connectivity index (χ0n) is 6.74. The van der Waals surface area contributed by atoms with Crippen molar-refractivity contribution in [1.29, 1.82) is 0 Å². The lowest BCUT2D eigenvalue weighted by atomic mass is 10.1. The van der Waals surface area contributed by atoms with Crippen LogP contribution in [0, 0.1) is 6.92 Å². The lowest BCUT2D eigenvalue weighted by molar-refractivity contribution is 0.315. The quantitative estimate of drug-likeness (QED) is 0.641. The maximum Gasteiger partial charge on any atom is 0.138 e. The third-order valence-corrected chi connectivity index (χ3v) is 1.94. The summed E-state index contributed by atoms with van der Waals surface area (Å²) < 4.78 is 4.61. The summed E-state index contributed by atoms with van der Waals surface area (Å²) >= 11 is 0. The smallest absolute Gasteiger partial charge is 0.138 e. The monoisotopic (exact) mass is 160 g/mol. The maximum atomic E-state index is 4.61. The minimum atomic E-state index is 0.790. The van der Waals surface area contributed by atoms with Crippen molar-refractivity contribution in [2.75, 3.05) is 0 Å². The standard InChI is InChI=1S/C9H8N2O/c1-3-7-4-5-8-9(6(7)2)11-12-10-8/h3-5H,1H2,2H3. The normalized spacial score (nSPS) is 10.4. The highest BCUT2D eigenvalue weighted by molar-refractivity contribution is 5.80. The first-order valence-corrected chi connectivity index (χ1v) is 3.67. The Morgan fingerprint density at radius 1 is 1.42 bits per heavy atom. The third-order valence-electron chi connectivity index (χ3n) is 1.94. The van der Waals surface area contributed by atoms with Gasteiger partial charge in [-0.25, -0.2) is 4.63 Å². The number of rotatable bonds is 1. The number of hydrogen-bond acceptors (Lipinski definition) is 3. The molecule has 1 heterocycles. The van der Waals surface area contributed by atoms with Crippen LogP contribution in [-0.4, -0.2) is 10.3 Å². The van der Waals surface area contributed by atoms with Crippen LogP contribution in [0.25, 0.3) is 17.1 Å². The highest BCUT2D eigenvalue weighted by Crippen LogP contribution is 2.18. The van der Waals surface area contributed by atoms with Gasteiger partial charge in [0.2, 0.25) is 0 Å². The van der Waals surface area contributed by atoms with Crippen molar-refractivity contribution < 1.29 is 4.63 Å². The average molecular weight is 160 g/mol. The molecule has 0 spiro atoms. The number of nitrogens with zero attached hydrogens (tertiary/aromatic N) is 2. The lowest BCUT2D eigenvalue weighted by Gasteiger charge is -1.96. The predicted molar refractivity (Wildman–Crippen MR) is 46.6 cm³/mol. The Bertz CT molecular complexity index is 431. The first-order valence-electron chi connectivity index (χ1n) is 3.67. The van der Waals surface area contributed by atoms with E-state index < -0.39 is 0 Å². The summed E-state index contributed by atoms with van der Waals surface area (Å²) in [6.45, 7) is 5.68. The Morgan fingerprint density at radius 2 is 2.25 bits per heavy atom. The van der Waals surface area contributed by atoms with Crippen molar-refractivity contribution in [1.82, 2.24) is 10.3 Å². The average Bonchev–Trinajstić information content (AvgIpc) is 2.53. The van der Waals surface area contributed by atoms with Crippen LogP contribution in [-0.2, 0) is 0 Å². The Balaban J connectivity index is 2.86. The van der Waals surface area contributed by atoms with Crippen molar-refractivity contribution >= 4 is 17.1 Å². The molecule has 0 atom stereocenters. The Hall–Kier alpha value is -1.64. The molecule has 3 nitrogen and oxygen atoms in total. The van der Waals surface area contributed by atoms with Crippen molar-refractivity contribution in [2.24, 2.45) is 0 Å². The van der Waals surface area contributed by atoms with E-state index in [0.717, 1.165) is 22.2 Å². The predicted octanol–water partition coefficient (Wildman–Crippen LogP) is 2.17. The van der Waals surface area contributed by atoms with E-state index in [2.05, 4.69) is 21.5 Å². The van der Waals surface area contributed by atoms with Gasteiger partial charge in [0.05, 0.1) is 0 Å². The molecule has 0 aliphatic heterocycles. The van der Waals surface area contributed by atoms with E-state index in [1.54, 1.807) is 6.08 Å². The fourth-order valence-electron chi connectivity index (χ4n) is 1.22. The van der Waals surface area contributed by atoms with Crippen LogP contribution >= 0.6 is 0 Å². The Kier molecular flexibility index (Phi) is 1.43. The fraction of sp³-hybridized carbons (Fsp3) is 0.111. The highest BCUT2D eigenvalue weighted by atomic mass is 16.6. The zero-order chi connectivity index (χ0) is 8.55. The van der Waals surface area contributed by atoms with E-state index in [0.29, 0.717) is 0 Å². The minimum Gasteiger partial charge on any atom is -0.243 e. The summed E-state index contributed by atoms with van der Waals surface area (Å²) in [5.74, 6) is 0. The molecule has 0 unspecified atom stereocenters. The highest BCUT2D eigenvalue weighted by Gasteiger charge is 2.04. The number of aromatic nitrogens is 2. The SMILES string of the molecule is C=Cc1ccc2nonc2c1C. The fourth-order valence-corrected chi connectivity index (χ4v) is 1.22. The van der Waals surface area contributed by atoms with Gasteiger partial charge in [-0.15, -0.1) is 0 Å². The van der Waals surface area contributed by atoms with E-state index in [1.807, 2.05) is 19.1 Å². The van der Waals surface area contributed by atoms with Crippen LogP contribution in [0.15, 0.2) is 23.3 Å². The molecule has 0 fully saturated rings. The number of hydrogen-bond donors (Lipinski definition) is 0. The Labute approximate surface area is 69.7 Å². The Morgan fingerprint density at radius 3 is 3.00 bits per heavy atom. The van der Waals surface area contributed by atoms with Crippen LogP contribution in [0.2, 0.25) is 0 Å². The largest absolute Gasteiger partial charge is 0.243 e. The molecule has 0 aliphatic rings. The summed E-state index contributed by atoms with van der Waals surface area (Å²) in [4.78, 5) is 0. The van der Waals surface area contributed by atoms with Gasteiger partial charge in [0.1, 0.15) is 11.0 Å². The number of benzene rings is 1. The van der Waals surface area contributed by atoms with Crippen molar-refractivity contribution in [3.8, 4) is 0 Å². The number of fused-ring (bicyclic) bond motifs is 1. The summed E-state index contributed by atoms with van der Waals surface area (Å²) in [5.41, 5.74) is 3.73. The molecule has 0 N–H and O–H groups in total. The van der Waals surface area contributed by atoms with Crippen LogP contribution in [0.3, 0.4) is 0 Å². The molecule has 2 aromatic rings. The molecule has 0 aliphatic carbocycles. The van der Waals surface area contributed by atoms with Crippen molar-refractivity contribution in [3.63, 3.8) is 0 Å². The summed E-state index contributed by atoms with van der Waals surface area (Å²) in [5, 5.41) is 7.53. The van der Waals surface area contributed by atoms with E-state index in [-0.39, 0.29) is 0 Å². The first kappa shape index (κ1) is 7.03. The molecular weight excluding hydrogens is 152 g/mol. The molecule has 60 valence electrons. The maximum absolute atomic E-state index is 4.61. The molecule has 0 amide bonds. The molecule has 3 heteroatoms. The van der Waals surface area contributed by atoms with Gasteiger partial charge in [-0.2, -0.15) is 0 Å². The van der Waals surface area contributed by atoms with E-state index in [1.165, 1.54) is 0 Å². The molecule has 0 saturated carbocycles. The van der Waals surface area contributed by atoms with Crippen LogP contribution < -0.4 is 0 Å². The molecule has 0 radical (unpaired) electrons. The molecule has 1 aromatic heterocycles. The summed E-state index contributed by atoms with van der Waals surface area (Å²) in [7, 11) is 0. The third kappa shape index (κ3) is 0.830. The molecule has 0 bridgehead atoms. The summed E-state index contributed by atoms with van der Waals surface area (Å²) in [6, 6.07) is 3.82. The van der Waals surface area contributed by atoms with Gasteiger partial charge in [-0.3, -0.25) is 0 Å². The topological polar surface area (TPSA) is 38.9 Å². The van der Waals surface area contributed by atoms with Gasteiger partial charge < -0.3 is 0 Å². The first-order chi connectivity index (χ1) is 5.83. The van der Waals surface area contributed by atoms with Gasteiger partial charge in [-0.1, -0.05) is 18.7 Å². The van der Waals surface area contributed by atoms with Gasteiger partial charge >= 0.3 is 0 Å². The second-order valence-electron chi connectivity index (χ2n) is 2.62. The van der Waals surface area contributed by atoms with Crippen LogP contribution in [0.4, 0.5) is 0 Å². The summed E-state index contributed by atoms with van der Waals surface area (Å²) in [6.07, 6.45) is 1.80. The lowest BCUT2D eigenvalue weighted by Crippen LogP contribution is -1.81. The second kappa shape index (κ2) is 2.44. The van der Waals surface area contributed by atoms with Gasteiger partial charge in [0.25, 0.3) is 0 Å². The molecule has 1 aromatic carbocycles. The van der Waals surface area contributed by atoms with Crippen LogP contribution in [0.1, 0.15) is 11.1 Å². The second-order valence-corrected chi connectivity index (χ2v) is 2.62. The van der Waals surface area contributed by atoms with E-state index in [4.69, 9.17) is 0 Å². The van der Waals surface area contributed by atoms with Crippen molar-refractivity contribution in [3.05, 3.63) is 29.8 Å².